The third-order valence-corrected chi connectivity index (χ3v) is 17.1. The Morgan fingerprint density at radius 3 is 0.951 bits per heavy atom. The first-order chi connectivity index (χ1) is 39.9. The quantitative estimate of drug-likeness (QED) is 0.151. The van der Waals surface area contributed by atoms with Gasteiger partial charge < -0.3 is 18.9 Å². The summed E-state index contributed by atoms with van der Waals surface area (Å²) in [5.41, 5.74) is 16.1. The van der Waals surface area contributed by atoms with Gasteiger partial charge in [0, 0.05) is 65.8 Å². The van der Waals surface area contributed by atoms with Gasteiger partial charge in [0.25, 0.3) is 0 Å². The number of rotatable bonds is 8. The monoisotopic (exact) mass is 1050 g/mol. The minimum atomic E-state index is -0.0429. The molecule has 0 fully saturated rings. The van der Waals surface area contributed by atoms with Crippen molar-refractivity contribution in [3.8, 4) is 11.4 Å². The standard InChI is InChI=1S/C78H62N4/c1-77(2,3)55-38-42-73-65(46-55)67-49-59(40-44-75(67)81(73)71-36-17-26-53-22-9-13-32-63(53)71)79(69-34-15-24-51-20-7-11-30-61(51)69)57-28-19-29-58(48-57)80(70-35-16-25-52-21-8-12-31-62(52)70)60-41-45-76-68(50-60)66-47-56(78(4,5)6)39-43-74(66)82(76)72-37-18-27-54-23-10-14-33-64(54)72/h7-50H,1-6H3. The van der Waals surface area contributed by atoms with Gasteiger partial charge in [-0.2, -0.15) is 0 Å². The summed E-state index contributed by atoms with van der Waals surface area (Å²) in [4.78, 5) is 4.96. The van der Waals surface area contributed by atoms with Gasteiger partial charge in [-0.3, -0.25) is 0 Å². The van der Waals surface area contributed by atoms with Crippen molar-refractivity contribution in [2.75, 3.05) is 9.80 Å². The van der Waals surface area contributed by atoms with Gasteiger partial charge in [0.05, 0.1) is 44.8 Å². The van der Waals surface area contributed by atoms with E-state index in [1.165, 1.54) is 109 Å². The molecule has 15 rings (SSSR count). The summed E-state index contributed by atoms with van der Waals surface area (Å²) in [6.45, 7) is 13.9. The molecular formula is C78H62N4. The van der Waals surface area contributed by atoms with Crippen LogP contribution in [-0.4, -0.2) is 9.13 Å². The molecule has 0 unspecified atom stereocenters. The zero-order valence-electron chi connectivity index (χ0n) is 47.2. The average Bonchev–Trinajstić information content (AvgIpc) is 3.20. The fourth-order valence-electron chi connectivity index (χ4n) is 13.0. The molecule has 2 heterocycles. The molecule has 82 heavy (non-hydrogen) atoms. The summed E-state index contributed by atoms with van der Waals surface area (Å²) in [5.74, 6) is 0. The van der Waals surface area contributed by atoms with Gasteiger partial charge in [0.15, 0.2) is 0 Å². The van der Waals surface area contributed by atoms with Crippen LogP contribution in [0.1, 0.15) is 52.7 Å². The van der Waals surface area contributed by atoms with Crippen molar-refractivity contribution in [3.63, 3.8) is 0 Å². The summed E-state index contributed by atoms with van der Waals surface area (Å²) < 4.78 is 4.96. The lowest BCUT2D eigenvalue weighted by molar-refractivity contribution is 0.591. The Hall–Kier alpha value is -9.90. The minimum Gasteiger partial charge on any atom is -0.310 e. The minimum absolute atomic E-state index is 0.0429. The van der Waals surface area contributed by atoms with Crippen LogP contribution in [0.15, 0.2) is 267 Å². The fourth-order valence-corrected chi connectivity index (χ4v) is 13.0. The number of anilines is 6. The van der Waals surface area contributed by atoms with E-state index in [9.17, 15) is 0 Å². The highest BCUT2D eigenvalue weighted by molar-refractivity contribution is 6.15. The molecule has 2 aromatic heterocycles. The van der Waals surface area contributed by atoms with Gasteiger partial charge in [0.1, 0.15) is 0 Å². The molecule has 0 aliphatic rings. The lowest BCUT2D eigenvalue weighted by Crippen LogP contribution is -2.14. The second-order valence-electron chi connectivity index (χ2n) is 24.2. The third-order valence-electron chi connectivity index (χ3n) is 17.1. The number of benzene rings is 13. The molecular weight excluding hydrogens is 993 g/mol. The van der Waals surface area contributed by atoms with Crippen molar-refractivity contribution in [1.29, 1.82) is 0 Å². The Morgan fingerprint density at radius 1 is 0.244 bits per heavy atom. The number of fused-ring (bicyclic) bond motifs is 10. The van der Waals surface area contributed by atoms with Gasteiger partial charge in [-0.05, 0) is 147 Å². The molecule has 15 aromatic rings. The average molecular weight is 1060 g/mol. The number of hydrogen-bond donors (Lipinski definition) is 0. The molecule has 0 radical (unpaired) electrons. The molecule has 0 spiro atoms. The SMILES string of the molecule is CC(C)(C)c1ccc2c(c1)c1cc(N(c3cccc(N(c4ccc5c(c4)c4cc(C(C)(C)C)ccc4n5-c4cccc5ccccc45)c4cccc5ccccc45)c3)c3cccc4ccccc34)ccc1n2-c1cccc2ccccc12. The molecule has 0 aliphatic carbocycles. The van der Waals surface area contributed by atoms with Crippen LogP contribution < -0.4 is 9.80 Å². The van der Waals surface area contributed by atoms with Gasteiger partial charge in [-0.25, -0.2) is 0 Å². The van der Waals surface area contributed by atoms with E-state index in [2.05, 4.69) is 327 Å². The summed E-state index contributed by atoms with van der Waals surface area (Å²) in [7, 11) is 0. The number of aromatic nitrogens is 2. The Bertz CT molecular complexity index is 4700. The zero-order chi connectivity index (χ0) is 55.4. The Balaban J connectivity index is 0.977. The molecule has 13 aromatic carbocycles. The molecule has 0 aliphatic heterocycles. The summed E-state index contributed by atoms with van der Waals surface area (Å²) >= 11 is 0. The summed E-state index contributed by atoms with van der Waals surface area (Å²) in [6, 6.07) is 99.5. The van der Waals surface area contributed by atoms with Crippen molar-refractivity contribution in [2.24, 2.45) is 0 Å². The van der Waals surface area contributed by atoms with E-state index in [0.717, 1.165) is 34.1 Å². The van der Waals surface area contributed by atoms with Gasteiger partial charge in [-0.1, -0.05) is 205 Å². The van der Waals surface area contributed by atoms with Gasteiger partial charge in [-0.15, -0.1) is 0 Å². The molecule has 0 bridgehead atoms. The molecule has 0 amide bonds. The normalized spacial score (nSPS) is 12.3. The molecule has 0 atom stereocenters. The van der Waals surface area contributed by atoms with Crippen LogP contribution in [-0.2, 0) is 10.8 Å². The lowest BCUT2D eigenvalue weighted by atomic mass is 9.86. The fraction of sp³-hybridized carbons (Fsp3) is 0.103. The molecule has 0 saturated carbocycles. The highest BCUT2D eigenvalue weighted by atomic mass is 15.2. The van der Waals surface area contributed by atoms with E-state index in [1.54, 1.807) is 0 Å². The predicted octanol–water partition coefficient (Wildman–Crippen LogP) is 22.0. The largest absolute Gasteiger partial charge is 0.310 e. The molecule has 0 N–H and O–H groups in total. The smallest absolute Gasteiger partial charge is 0.0542 e. The maximum Gasteiger partial charge on any atom is 0.0542 e. The third kappa shape index (κ3) is 8.04. The van der Waals surface area contributed by atoms with Crippen LogP contribution in [0.25, 0.3) is 98.1 Å². The second-order valence-corrected chi connectivity index (χ2v) is 24.2. The van der Waals surface area contributed by atoms with Gasteiger partial charge in [0.2, 0.25) is 0 Å². The first-order valence-electron chi connectivity index (χ1n) is 28.7. The van der Waals surface area contributed by atoms with E-state index in [-0.39, 0.29) is 10.8 Å². The van der Waals surface area contributed by atoms with Crippen molar-refractivity contribution < 1.29 is 0 Å². The van der Waals surface area contributed by atoms with Crippen LogP contribution in [0.2, 0.25) is 0 Å². The summed E-state index contributed by atoms with van der Waals surface area (Å²) in [6.07, 6.45) is 0. The maximum atomic E-state index is 2.48. The van der Waals surface area contributed by atoms with E-state index in [0.29, 0.717) is 0 Å². The van der Waals surface area contributed by atoms with Crippen LogP contribution in [0.4, 0.5) is 34.1 Å². The molecule has 4 heteroatoms. The second kappa shape index (κ2) is 18.9. The van der Waals surface area contributed by atoms with Crippen molar-refractivity contribution in [1.82, 2.24) is 9.13 Å². The van der Waals surface area contributed by atoms with Crippen LogP contribution in [0.5, 0.6) is 0 Å². The zero-order valence-corrected chi connectivity index (χ0v) is 47.2. The van der Waals surface area contributed by atoms with Crippen molar-refractivity contribution in [3.05, 3.63) is 278 Å². The Kier molecular flexibility index (Phi) is 11.3. The van der Waals surface area contributed by atoms with E-state index >= 15 is 0 Å². The van der Waals surface area contributed by atoms with E-state index < -0.39 is 0 Å². The highest BCUT2D eigenvalue weighted by Crippen LogP contribution is 2.48. The van der Waals surface area contributed by atoms with Crippen LogP contribution in [0, 0.1) is 0 Å². The Labute approximate surface area is 479 Å². The Morgan fingerprint density at radius 2 is 0.549 bits per heavy atom. The predicted molar refractivity (Wildman–Crippen MR) is 352 cm³/mol. The maximum absolute atomic E-state index is 2.48. The summed E-state index contributed by atoms with van der Waals surface area (Å²) in [5, 5.41) is 14.5. The lowest BCUT2D eigenvalue weighted by Gasteiger charge is -2.30. The van der Waals surface area contributed by atoms with Crippen molar-refractivity contribution >= 4 is 121 Å². The van der Waals surface area contributed by atoms with E-state index in [1.807, 2.05) is 0 Å². The number of nitrogens with zero attached hydrogens (tertiary/aromatic N) is 4. The van der Waals surface area contributed by atoms with E-state index in [4.69, 9.17) is 0 Å². The topological polar surface area (TPSA) is 16.3 Å². The first-order valence-corrected chi connectivity index (χ1v) is 28.7. The first kappa shape index (κ1) is 49.2. The van der Waals surface area contributed by atoms with Crippen molar-refractivity contribution in [2.45, 2.75) is 52.4 Å². The highest BCUT2D eigenvalue weighted by Gasteiger charge is 2.26. The number of hydrogen-bond acceptors (Lipinski definition) is 2. The van der Waals surface area contributed by atoms with Gasteiger partial charge >= 0.3 is 0 Å². The van der Waals surface area contributed by atoms with Crippen LogP contribution in [0.3, 0.4) is 0 Å². The molecule has 0 saturated heterocycles. The van der Waals surface area contributed by atoms with Crippen LogP contribution >= 0.6 is 0 Å². The molecule has 394 valence electrons. The molecule has 4 nitrogen and oxygen atoms in total.